The Kier molecular flexibility index (Phi) is 4.32. The number of carbonyl (C=O) groups is 2. The van der Waals surface area contributed by atoms with Crippen molar-refractivity contribution >= 4 is 12.1 Å². The topological polar surface area (TPSA) is 76.3 Å². The second-order valence-electron chi connectivity index (χ2n) is 5.99. The summed E-state index contributed by atoms with van der Waals surface area (Å²) in [5.74, 6) is 0.949. The van der Waals surface area contributed by atoms with E-state index >= 15 is 0 Å². The van der Waals surface area contributed by atoms with Crippen LogP contribution in [-0.4, -0.2) is 40.2 Å². The first-order valence-electron chi connectivity index (χ1n) is 6.98. The van der Waals surface area contributed by atoms with E-state index in [9.17, 15) is 9.59 Å². The molecule has 20 heavy (non-hydrogen) atoms. The molecular weight excluding hydrogens is 258 g/mol. The van der Waals surface area contributed by atoms with Gasteiger partial charge in [0, 0.05) is 5.41 Å². The molecule has 0 amide bonds. The van der Waals surface area contributed by atoms with Crippen LogP contribution in [-0.2, 0) is 9.59 Å². The Labute approximate surface area is 118 Å². The van der Waals surface area contributed by atoms with Crippen LogP contribution in [0.25, 0.3) is 0 Å². The van der Waals surface area contributed by atoms with Gasteiger partial charge in [0.05, 0.1) is 6.04 Å². The lowest BCUT2D eigenvalue weighted by Crippen LogP contribution is -2.32. The number of Topliss-reactive ketones (excluding diaryl/α,β-unsaturated/α-hetero) is 1. The number of aldehydes is 1. The average Bonchev–Trinajstić information content (AvgIpc) is 3.03. The van der Waals surface area contributed by atoms with Crippen LogP contribution in [0.5, 0.6) is 0 Å². The van der Waals surface area contributed by atoms with E-state index in [1.807, 2.05) is 13.8 Å². The van der Waals surface area contributed by atoms with Crippen molar-refractivity contribution in [2.45, 2.75) is 46.1 Å². The van der Waals surface area contributed by atoms with Crippen molar-refractivity contribution < 1.29 is 14.1 Å². The molecule has 1 unspecified atom stereocenters. The number of carbonyl (C=O) groups excluding carboxylic acids is 2. The number of hydrogen-bond donors (Lipinski definition) is 0. The SMILES string of the molecule is Cc1noc(C2CCCN2CCC(C)(C)C(=O)C=O)n1. The molecule has 6 heteroatoms. The van der Waals surface area contributed by atoms with Gasteiger partial charge in [-0.1, -0.05) is 19.0 Å². The first-order valence-corrected chi connectivity index (χ1v) is 6.98. The highest BCUT2D eigenvalue weighted by molar-refractivity contribution is 6.27. The maximum absolute atomic E-state index is 11.6. The Morgan fingerprint density at radius 2 is 2.30 bits per heavy atom. The lowest BCUT2D eigenvalue weighted by molar-refractivity contribution is -0.136. The summed E-state index contributed by atoms with van der Waals surface area (Å²) in [6, 6.07) is 0.137. The van der Waals surface area contributed by atoms with Crippen molar-refractivity contribution in [2.75, 3.05) is 13.1 Å². The monoisotopic (exact) mass is 279 g/mol. The summed E-state index contributed by atoms with van der Waals surface area (Å²) < 4.78 is 5.25. The van der Waals surface area contributed by atoms with Gasteiger partial charge in [-0.15, -0.1) is 0 Å². The third-order valence-electron chi connectivity index (χ3n) is 3.99. The van der Waals surface area contributed by atoms with Crippen molar-refractivity contribution in [1.29, 1.82) is 0 Å². The van der Waals surface area contributed by atoms with Crippen LogP contribution < -0.4 is 0 Å². The number of aromatic nitrogens is 2. The van der Waals surface area contributed by atoms with Crippen molar-refractivity contribution in [3.8, 4) is 0 Å². The molecule has 1 aromatic rings. The van der Waals surface area contributed by atoms with Crippen LogP contribution in [0.2, 0.25) is 0 Å². The van der Waals surface area contributed by atoms with E-state index in [1.54, 1.807) is 6.92 Å². The predicted octanol–water partition coefficient (Wildman–Crippen LogP) is 1.70. The fourth-order valence-corrected chi connectivity index (χ4v) is 2.53. The molecule has 0 aromatic carbocycles. The molecular formula is C14H21N3O3. The van der Waals surface area contributed by atoms with Gasteiger partial charge in [0.25, 0.3) is 0 Å². The molecule has 110 valence electrons. The maximum atomic E-state index is 11.6. The van der Waals surface area contributed by atoms with Crippen LogP contribution >= 0.6 is 0 Å². The first kappa shape index (κ1) is 14.8. The van der Waals surface area contributed by atoms with E-state index in [-0.39, 0.29) is 11.8 Å². The second-order valence-corrected chi connectivity index (χ2v) is 5.99. The molecule has 0 bridgehead atoms. The zero-order valence-electron chi connectivity index (χ0n) is 12.3. The van der Waals surface area contributed by atoms with Crippen LogP contribution in [0.3, 0.4) is 0 Å². The van der Waals surface area contributed by atoms with E-state index in [1.165, 1.54) is 0 Å². The van der Waals surface area contributed by atoms with Crippen LogP contribution in [0.4, 0.5) is 0 Å². The molecule has 1 aliphatic heterocycles. The van der Waals surface area contributed by atoms with Gasteiger partial charge in [0.15, 0.2) is 12.1 Å². The quantitative estimate of drug-likeness (QED) is 0.582. The van der Waals surface area contributed by atoms with E-state index in [0.29, 0.717) is 24.4 Å². The van der Waals surface area contributed by atoms with E-state index in [0.717, 1.165) is 25.9 Å². The predicted molar refractivity (Wildman–Crippen MR) is 72.1 cm³/mol. The van der Waals surface area contributed by atoms with E-state index in [4.69, 9.17) is 4.52 Å². The number of likely N-dealkylation sites (tertiary alicyclic amines) is 1. The van der Waals surface area contributed by atoms with Gasteiger partial charge in [0.1, 0.15) is 0 Å². The Balaban J connectivity index is 1.98. The Morgan fingerprint density at radius 3 is 2.90 bits per heavy atom. The highest BCUT2D eigenvalue weighted by Crippen LogP contribution is 2.32. The standard InChI is InChI=1S/C14H21N3O3/c1-10-15-13(20-16-10)11-5-4-7-17(11)8-6-14(2,3)12(19)9-18/h9,11H,4-8H2,1-3H3. The summed E-state index contributed by atoms with van der Waals surface area (Å²) in [6.45, 7) is 7.13. The number of ketones is 1. The highest BCUT2D eigenvalue weighted by Gasteiger charge is 2.33. The van der Waals surface area contributed by atoms with Gasteiger partial charge in [0.2, 0.25) is 11.7 Å². The minimum Gasteiger partial charge on any atom is -0.338 e. The Morgan fingerprint density at radius 1 is 1.55 bits per heavy atom. The van der Waals surface area contributed by atoms with E-state index in [2.05, 4.69) is 15.0 Å². The van der Waals surface area contributed by atoms with Crippen molar-refractivity contribution in [1.82, 2.24) is 15.0 Å². The maximum Gasteiger partial charge on any atom is 0.243 e. The summed E-state index contributed by atoms with van der Waals surface area (Å²) >= 11 is 0. The molecule has 1 aliphatic rings. The lowest BCUT2D eigenvalue weighted by Gasteiger charge is -2.26. The molecule has 0 N–H and O–H groups in total. The Hall–Kier alpha value is -1.56. The fourth-order valence-electron chi connectivity index (χ4n) is 2.53. The fraction of sp³-hybridized carbons (Fsp3) is 0.714. The van der Waals surface area contributed by atoms with Crippen LogP contribution in [0, 0.1) is 12.3 Å². The molecule has 6 nitrogen and oxygen atoms in total. The number of hydrogen-bond acceptors (Lipinski definition) is 6. The summed E-state index contributed by atoms with van der Waals surface area (Å²) in [7, 11) is 0. The molecule has 1 fully saturated rings. The Bertz CT molecular complexity index is 496. The van der Waals surface area contributed by atoms with Crippen molar-refractivity contribution in [2.24, 2.45) is 5.41 Å². The molecule has 0 radical (unpaired) electrons. The van der Waals surface area contributed by atoms with Gasteiger partial charge >= 0.3 is 0 Å². The molecule has 0 saturated carbocycles. The summed E-state index contributed by atoms with van der Waals surface area (Å²) in [4.78, 5) is 28.8. The molecule has 1 saturated heterocycles. The first-order chi connectivity index (χ1) is 9.44. The van der Waals surface area contributed by atoms with Gasteiger partial charge in [-0.25, -0.2) is 0 Å². The molecule has 2 heterocycles. The average molecular weight is 279 g/mol. The number of rotatable bonds is 6. The van der Waals surface area contributed by atoms with Gasteiger partial charge in [-0.05, 0) is 39.3 Å². The lowest BCUT2D eigenvalue weighted by atomic mass is 9.85. The minimum absolute atomic E-state index is 0.137. The third-order valence-corrected chi connectivity index (χ3v) is 3.99. The summed E-state index contributed by atoms with van der Waals surface area (Å²) in [5.41, 5.74) is -0.611. The molecule has 1 atom stereocenters. The van der Waals surface area contributed by atoms with Crippen molar-refractivity contribution in [3.63, 3.8) is 0 Å². The zero-order valence-corrected chi connectivity index (χ0v) is 12.3. The van der Waals surface area contributed by atoms with Crippen LogP contribution in [0.1, 0.15) is 50.9 Å². The van der Waals surface area contributed by atoms with Gasteiger partial charge < -0.3 is 4.52 Å². The highest BCUT2D eigenvalue weighted by atomic mass is 16.5. The van der Waals surface area contributed by atoms with Crippen LogP contribution in [0.15, 0.2) is 4.52 Å². The summed E-state index contributed by atoms with van der Waals surface area (Å²) in [5, 5.41) is 3.83. The third kappa shape index (κ3) is 3.12. The largest absolute Gasteiger partial charge is 0.338 e. The second kappa shape index (κ2) is 5.83. The molecule has 0 spiro atoms. The van der Waals surface area contributed by atoms with E-state index < -0.39 is 5.41 Å². The van der Waals surface area contributed by atoms with Gasteiger partial charge in [-0.2, -0.15) is 4.98 Å². The minimum atomic E-state index is -0.611. The number of aryl methyl sites for hydroxylation is 1. The smallest absolute Gasteiger partial charge is 0.243 e. The van der Waals surface area contributed by atoms with Gasteiger partial charge in [-0.3, -0.25) is 14.5 Å². The molecule has 2 rings (SSSR count). The molecule has 0 aliphatic carbocycles. The number of nitrogens with zero attached hydrogens (tertiary/aromatic N) is 3. The normalized spacial score (nSPS) is 20.2. The summed E-state index contributed by atoms with van der Waals surface area (Å²) in [6.07, 6.45) is 3.13. The molecule has 1 aromatic heterocycles. The zero-order chi connectivity index (χ0) is 14.8. The van der Waals surface area contributed by atoms with Crippen molar-refractivity contribution in [3.05, 3.63) is 11.7 Å².